The minimum absolute atomic E-state index is 0. The van der Waals surface area contributed by atoms with Crippen LogP contribution in [-0.4, -0.2) is 51.8 Å². The molecule has 0 amide bonds. The van der Waals surface area contributed by atoms with E-state index in [9.17, 15) is 9.90 Å². The Balaban J connectivity index is 0.00000220. The summed E-state index contributed by atoms with van der Waals surface area (Å²) in [6.45, 7) is 0. The Morgan fingerprint density at radius 3 is 2.00 bits per heavy atom. The van der Waals surface area contributed by atoms with Gasteiger partial charge < -0.3 is 20.7 Å². The number of hydrogen-bond donors (Lipinski definition) is 3. The summed E-state index contributed by atoms with van der Waals surface area (Å²) in [7, 11) is 0. The molecule has 0 aliphatic heterocycles. The normalized spacial score (nSPS) is 11.3. The molecule has 21 heavy (non-hydrogen) atoms. The molecule has 105 valence electrons. The maximum Gasteiger partial charge on any atom is 0.320 e. The molecule has 1 radical (unpaired) electrons. The van der Waals surface area contributed by atoms with Crippen LogP contribution in [0.4, 0.5) is 0 Å². The second-order valence-electron chi connectivity index (χ2n) is 4.39. The van der Waals surface area contributed by atoms with Gasteiger partial charge in [-0.3, -0.25) is 4.79 Å². The van der Waals surface area contributed by atoms with E-state index >= 15 is 0 Å². The topological polar surface area (TPSA) is 92.8 Å². The molecule has 0 saturated carbocycles. The number of ether oxygens (including phenoxy) is 1. The van der Waals surface area contributed by atoms with Crippen molar-refractivity contribution in [3.8, 4) is 17.2 Å². The number of phenols is 1. The van der Waals surface area contributed by atoms with Crippen molar-refractivity contribution in [2.75, 3.05) is 0 Å². The molecule has 0 bridgehead atoms. The van der Waals surface area contributed by atoms with E-state index in [2.05, 4.69) is 0 Å². The largest absolute Gasteiger partial charge is 0.508 e. The molecule has 0 unspecified atom stereocenters. The van der Waals surface area contributed by atoms with Crippen LogP contribution in [0.15, 0.2) is 48.5 Å². The van der Waals surface area contributed by atoms with Crippen molar-refractivity contribution >= 4 is 35.5 Å². The molecular formula is C15H15NNaO4. The Kier molecular flexibility index (Phi) is 6.71. The van der Waals surface area contributed by atoms with E-state index < -0.39 is 12.0 Å². The van der Waals surface area contributed by atoms with Crippen LogP contribution >= 0.6 is 0 Å². The first-order chi connectivity index (χ1) is 9.54. The number of rotatable bonds is 5. The van der Waals surface area contributed by atoms with Crippen LogP contribution in [0, 0.1) is 0 Å². The van der Waals surface area contributed by atoms with E-state index in [1.807, 2.05) is 0 Å². The molecule has 1 atom stereocenters. The SMILES string of the molecule is N[C@@H](Cc1ccc(Oc2ccc(O)cc2)cc1)C(=O)O.[Na]. The summed E-state index contributed by atoms with van der Waals surface area (Å²) in [4.78, 5) is 10.7. The van der Waals surface area contributed by atoms with Crippen LogP contribution in [0.3, 0.4) is 0 Å². The predicted molar refractivity (Wildman–Crippen MR) is 79.7 cm³/mol. The first-order valence-corrected chi connectivity index (χ1v) is 6.09. The summed E-state index contributed by atoms with van der Waals surface area (Å²) < 4.78 is 5.58. The third-order valence-corrected chi connectivity index (χ3v) is 2.77. The van der Waals surface area contributed by atoms with Gasteiger partial charge in [-0.15, -0.1) is 0 Å². The van der Waals surface area contributed by atoms with Crippen LogP contribution < -0.4 is 10.5 Å². The van der Waals surface area contributed by atoms with Crippen molar-refractivity contribution < 1.29 is 19.7 Å². The Morgan fingerprint density at radius 2 is 1.52 bits per heavy atom. The van der Waals surface area contributed by atoms with Gasteiger partial charge >= 0.3 is 5.97 Å². The van der Waals surface area contributed by atoms with Crippen LogP contribution in [0.25, 0.3) is 0 Å². The molecule has 0 aliphatic rings. The van der Waals surface area contributed by atoms with Gasteiger partial charge in [-0.1, -0.05) is 12.1 Å². The van der Waals surface area contributed by atoms with Crippen molar-refractivity contribution in [3.63, 3.8) is 0 Å². The first kappa shape index (κ1) is 17.5. The number of carboxylic acids is 1. The number of benzene rings is 2. The van der Waals surface area contributed by atoms with E-state index in [0.717, 1.165) is 5.56 Å². The van der Waals surface area contributed by atoms with Crippen molar-refractivity contribution in [1.82, 2.24) is 0 Å². The van der Waals surface area contributed by atoms with Gasteiger partial charge in [0.1, 0.15) is 23.3 Å². The number of aliphatic carboxylic acids is 1. The summed E-state index contributed by atoms with van der Waals surface area (Å²) in [5.41, 5.74) is 6.30. The van der Waals surface area contributed by atoms with E-state index in [1.165, 1.54) is 12.1 Å². The van der Waals surface area contributed by atoms with Gasteiger partial charge in [-0.05, 0) is 48.4 Å². The van der Waals surface area contributed by atoms with Crippen LogP contribution in [0.2, 0.25) is 0 Å². The molecule has 5 nitrogen and oxygen atoms in total. The fraction of sp³-hybridized carbons (Fsp3) is 0.133. The second kappa shape index (κ2) is 8.05. The van der Waals surface area contributed by atoms with E-state index in [-0.39, 0.29) is 41.7 Å². The first-order valence-electron chi connectivity index (χ1n) is 6.09. The van der Waals surface area contributed by atoms with Crippen molar-refractivity contribution in [1.29, 1.82) is 0 Å². The van der Waals surface area contributed by atoms with Crippen molar-refractivity contribution in [3.05, 3.63) is 54.1 Å². The van der Waals surface area contributed by atoms with Crippen LogP contribution in [0.5, 0.6) is 17.2 Å². The molecule has 4 N–H and O–H groups in total. The summed E-state index contributed by atoms with van der Waals surface area (Å²) in [5.74, 6) is 0.394. The average Bonchev–Trinajstić information content (AvgIpc) is 2.43. The number of hydrogen-bond acceptors (Lipinski definition) is 4. The molecule has 6 heteroatoms. The Labute approximate surface area is 144 Å². The fourth-order valence-electron chi connectivity index (χ4n) is 1.69. The summed E-state index contributed by atoms with van der Waals surface area (Å²) in [6, 6.07) is 12.5. The van der Waals surface area contributed by atoms with Crippen LogP contribution in [0.1, 0.15) is 5.56 Å². The van der Waals surface area contributed by atoms with Crippen molar-refractivity contribution in [2.45, 2.75) is 12.5 Å². The minimum Gasteiger partial charge on any atom is -0.508 e. The van der Waals surface area contributed by atoms with Crippen molar-refractivity contribution in [2.24, 2.45) is 5.73 Å². The standard InChI is InChI=1S/C15H15NO4.Na/c16-14(15(18)19)9-10-1-5-12(6-2-10)20-13-7-3-11(17)4-8-13;/h1-8,14,17H,9,16H2,(H,18,19);/t14-;/m0./s1. The quantitative estimate of drug-likeness (QED) is 0.731. The predicted octanol–water partition coefficient (Wildman–Crippen LogP) is 1.76. The minimum atomic E-state index is -1.02. The molecule has 0 spiro atoms. The Hall–Kier alpha value is -1.53. The molecular weight excluding hydrogens is 281 g/mol. The Bertz CT molecular complexity index is 584. The molecule has 0 heterocycles. The fourth-order valence-corrected chi connectivity index (χ4v) is 1.69. The number of carbonyl (C=O) groups is 1. The van der Waals surface area contributed by atoms with Gasteiger partial charge in [0.05, 0.1) is 0 Å². The van der Waals surface area contributed by atoms with Gasteiger partial charge in [-0.25, -0.2) is 0 Å². The summed E-state index contributed by atoms with van der Waals surface area (Å²) >= 11 is 0. The zero-order valence-corrected chi connectivity index (χ0v) is 13.7. The molecule has 2 rings (SSSR count). The monoisotopic (exact) mass is 296 g/mol. The van der Waals surface area contributed by atoms with Gasteiger partial charge in [0.15, 0.2) is 0 Å². The number of aromatic hydroxyl groups is 1. The van der Waals surface area contributed by atoms with E-state index in [0.29, 0.717) is 11.5 Å². The second-order valence-corrected chi connectivity index (χ2v) is 4.39. The van der Waals surface area contributed by atoms with E-state index in [4.69, 9.17) is 15.6 Å². The molecule has 2 aromatic carbocycles. The maximum atomic E-state index is 10.7. The molecule has 0 aliphatic carbocycles. The summed E-state index contributed by atoms with van der Waals surface area (Å²) in [5, 5.41) is 17.9. The van der Waals surface area contributed by atoms with Gasteiger partial charge in [0.25, 0.3) is 0 Å². The third-order valence-electron chi connectivity index (χ3n) is 2.77. The number of phenolic OH excluding ortho intramolecular Hbond substituents is 1. The average molecular weight is 296 g/mol. The number of nitrogens with two attached hydrogens (primary N) is 1. The van der Waals surface area contributed by atoms with Crippen LogP contribution in [-0.2, 0) is 11.2 Å². The maximum absolute atomic E-state index is 10.7. The van der Waals surface area contributed by atoms with Gasteiger partial charge in [0, 0.05) is 29.6 Å². The number of carboxylic acid groups (broad SMARTS) is 1. The zero-order valence-electron chi connectivity index (χ0n) is 11.7. The molecule has 0 aromatic heterocycles. The molecule has 0 fully saturated rings. The molecule has 0 saturated heterocycles. The molecule has 2 aromatic rings. The third kappa shape index (κ3) is 5.40. The Morgan fingerprint density at radius 1 is 1.05 bits per heavy atom. The van der Waals surface area contributed by atoms with Gasteiger partial charge in [0.2, 0.25) is 0 Å². The van der Waals surface area contributed by atoms with E-state index in [1.54, 1.807) is 36.4 Å². The smallest absolute Gasteiger partial charge is 0.320 e. The van der Waals surface area contributed by atoms with Gasteiger partial charge in [-0.2, -0.15) is 0 Å². The summed E-state index contributed by atoms with van der Waals surface area (Å²) in [6.07, 6.45) is 0.273. The zero-order chi connectivity index (χ0) is 14.5.